The molecule has 40 heavy (non-hydrogen) atoms. The molecule has 0 aliphatic rings. The third-order valence-electron chi connectivity index (χ3n) is 5.62. The van der Waals surface area contributed by atoms with E-state index in [0.717, 1.165) is 0 Å². The van der Waals surface area contributed by atoms with Gasteiger partial charge in [-0.15, -0.1) is 0 Å². The minimum atomic E-state index is -1.09. The average molecular weight is 568 g/mol. The van der Waals surface area contributed by atoms with Gasteiger partial charge in [-0.2, -0.15) is 0 Å². The van der Waals surface area contributed by atoms with Gasteiger partial charge in [0.1, 0.15) is 29.5 Å². The number of benzene rings is 1. The van der Waals surface area contributed by atoms with Gasteiger partial charge in [-0.25, -0.2) is 9.59 Å². The van der Waals surface area contributed by atoms with Gasteiger partial charge in [-0.05, 0) is 99.8 Å². The number of carbonyl (C=O) groups excluding carboxylic acids is 4. The topological polar surface area (TPSA) is 150 Å². The second-order valence-corrected chi connectivity index (χ2v) is 12.2. The Morgan fingerprint density at radius 2 is 1.25 bits per heavy atom. The molecule has 0 amide bonds. The highest BCUT2D eigenvalue weighted by Gasteiger charge is 2.31. The van der Waals surface area contributed by atoms with Crippen LogP contribution in [0.3, 0.4) is 0 Å². The van der Waals surface area contributed by atoms with Gasteiger partial charge < -0.3 is 34.2 Å². The molecular weight excluding hydrogens is 522 g/mol. The molecular formula is C29H45NO10. The first-order chi connectivity index (χ1) is 18.1. The summed E-state index contributed by atoms with van der Waals surface area (Å²) in [6.45, 7) is 18.7. The summed E-state index contributed by atoms with van der Waals surface area (Å²) in [5, 5.41) is 0. The van der Waals surface area contributed by atoms with Crippen LogP contribution in [0.5, 0.6) is 11.5 Å². The molecule has 0 fully saturated rings. The first-order valence-electron chi connectivity index (χ1n) is 13.2. The summed E-state index contributed by atoms with van der Waals surface area (Å²) in [5.41, 5.74) is 4.27. The number of esters is 2. The molecule has 0 saturated heterocycles. The third-order valence-corrected chi connectivity index (χ3v) is 5.62. The van der Waals surface area contributed by atoms with Crippen molar-refractivity contribution in [1.29, 1.82) is 0 Å². The van der Waals surface area contributed by atoms with Crippen molar-refractivity contribution in [2.45, 2.75) is 118 Å². The zero-order chi connectivity index (χ0) is 31.1. The van der Waals surface area contributed by atoms with E-state index in [1.165, 1.54) is 12.1 Å². The molecule has 0 aliphatic carbocycles. The van der Waals surface area contributed by atoms with Gasteiger partial charge in [-0.1, -0.05) is 13.0 Å². The Kier molecular flexibility index (Phi) is 12.0. The van der Waals surface area contributed by atoms with Gasteiger partial charge in [0.2, 0.25) is 0 Å². The lowest BCUT2D eigenvalue weighted by atomic mass is 9.90. The van der Waals surface area contributed by atoms with Crippen molar-refractivity contribution in [2.75, 3.05) is 0 Å². The highest BCUT2D eigenvalue weighted by Crippen LogP contribution is 2.31. The lowest BCUT2D eigenvalue weighted by Gasteiger charge is -2.27. The fourth-order valence-corrected chi connectivity index (χ4v) is 2.84. The molecule has 0 heterocycles. The Morgan fingerprint density at radius 3 is 1.73 bits per heavy atom. The van der Waals surface area contributed by atoms with Crippen molar-refractivity contribution in [3.05, 3.63) is 23.8 Å². The van der Waals surface area contributed by atoms with E-state index < -0.39 is 53.1 Å². The molecule has 0 aromatic heterocycles. The molecule has 226 valence electrons. The van der Waals surface area contributed by atoms with Crippen LogP contribution in [0.1, 0.15) is 88.1 Å². The van der Waals surface area contributed by atoms with Gasteiger partial charge in [-0.3, -0.25) is 9.59 Å². The van der Waals surface area contributed by atoms with Crippen LogP contribution in [0.25, 0.3) is 0 Å². The van der Waals surface area contributed by atoms with Crippen LogP contribution >= 0.6 is 0 Å². The maximum absolute atomic E-state index is 12.7. The first-order valence-corrected chi connectivity index (χ1v) is 13.2. The van der Waals surface area contributed by atoms with Crippen molar-refractivity contribution in [1.82, 2.24) is 0 Å². The molecule has 1 aromatic carbocycles. The summed E-state index contributed by atoms with van der Waals surface area (Å²) >= 11 is 0. The number of hydrogen-bond acceptors (Lipinski definition) is 11. The molecule has 2 N–H and O–H groups in total. The van der Waals surface area contributed by atoms with Crippen LogP contribution in [0.15, 0.2) is 18.2 Å². The molecule has 1 aromatic rings. The highest BCUT2D eigenvalue weighted by molar-refractivity contribution is 5.77. The zero-order valence-corrected chi connectivity index (χ0v) is 25.5. The van der Waals surface area contributed by atoms with Gasteiger partial charge in [0.25, 0.3) is 0 Å². The second kappa shape index (κ2) is 13.8. The van der Waals surface area contributed by atoms with Gasteiger partial charge in [0.15, 0.2) is 11.5 Å². The lowest BCUT2D eigenvalue weighted by molar-refractivity contribution is -0.172. The highest BCUT2D eigenvalue weighted by atomic mass is 16.8. The van der Waals surface area contributed by atoms with E-state index in [1.807, 2.05) is 6.92 Å². The number of rotatable bonds is 10. The largest absolute Gasteiger partial charge is 0.514 e. The minimum absolute atomic E-state index is 0.0000161. The van der Waals surface area contributed by atoms with E-state index in [4.69, 9.17) is 34.2 Å². The normalized spacial score (nSPS) is 14.3. The predicted molar refractivity (Wildman–Crippen MR) is 147 cm³/mol. The fourth-order valence-electron chi connectivity index (χ4n) is 2.84. The maximum Gasteiger partial charge on any atom is 0.514 e. The van der Waals surface area contributed by atoms with E-state index in [9.17, 15) is 19.2 Å². The van der Waals surface area contributed by atoms with Crippen molar-refractivity contribution in [3.63, 3.8) is 0 Å². The number of carbonyl (C=O) groups is 4. The fraction of sp³-hybridized carbons (Fsp3) is 0.655. The number of nitrogens with two attached hydrogens (primary N) is 1. The smallest absolute Gasteiger partial charge is 0.458 e. The molecule has 0 bridgehead atoms. The molecule has 0 unspecified atom stereocenters. The Labute approximate surface area is 236 Å². The molecule has 3 atom stereocenters. The quantitative estimate of drug-likeness (QED) is 0.217. The number of ether oxygens (including phenoxy) is 6. The molecule has 0 radical (unpaired) electrons. The second-order valence-electron chi connectivity index (χ2n) is 12.2. The van der Waals surface area contributed by atoms with E-state index in [2.05, 4.69) is 0 Å². The minimum Gasteiger partial charge on any atom is -0.458 e. The van der Waals surface area contributed by atoms with E-state index in [-0.39, 0.29) is 23.9 Å². The number of hydrogen-bond donors (Lipinski definition) is 1. The van der Waals surface area contributed by atoms with Gasteiger partial charge >= 0.3 is 24.2 Å². The van der Waals surface area contributed by atoms with Gasteiger partial charge in [0.05, 0.1) is 5.41 Å². The SMILES string of the molecule is CCC(C)(C)C(=O)O[C@@H](C)[C@H](C)OC(=O)[C@@H](N)Cc1ccc(OC(=O)OC(C)(C)C)c(OC(=O)OC(C)(C)C)c1. The molecule has 11 nitrogen and oxygen atoms in total. The Balaban J connectivity index is 3.01. The Morgan fingerprint density at radius 1 is 0.775 bits per heavy atom. The summed E-state index contributed by atoms with van der Waals surface area (Å²) in [6, 6.07) is 3.24. The summed E-state index contributed by atoms with van der Waals surface area (Å²) < 4.78 is 31.8. The summed E-state index contributed by atoms with van der Waals surface area (Å²) in [5.74, 6) is -1.33. The Bertz CT molecular complexity index is 1050. The van der Waals surface area contributed by atoms with Crippen LogP contribution < -0.4 is 15.2 Å². The Hall–Kier alpha value is -3.34. The van der Waals surface area contributed by atoms with Crippen LogP contribution in [-0.4, -0.2) is 53.7 Å². The zero-order valence-electron chi connectivity index (χ0n) is 25.5. The van der Waals surface area contributed by atoms with E-state index >= 15 is 0 Å². The molecule has 0 aliphatic heterocycles. The monoisotopic (exact) mass is 567 g/mol. The van der Waals surface area contributed by atoms with Crippen molar-refractivity contribution in [3.8, 4) is 11.5 Å². The van der Waals surface area contributed by atoms with Crippen molar-refractivity contribution < 1.29 is 47.6 Å². The van der Waals surface area contributed by atoms with E-state index in [1.54, 1.807) is 75.3 Å². The van der Waals surface area contributed by atoms with Crippen molar-refractivity contribution in [2.24, 2.45) is 11.1 Å². The molecule has 1 rings (SSSR count). The van der Waals surface area contributed by atoms with Gasteiger partial charge in [0, 0.05) is 0 Å². The summed E-state index contributed by atoms with van der Waals surface area (Å²) in [7, 11) is 0. The standard InChI is InChI=1S/C29H45NO10/c1-12-29(10,11)24(32)36-18(3)17(2)35-23(31)20(30)15-19-13-14-21(37-25(33)39-27(4,5)6)22(16-19)38-26(34)40-28(7,8)9/h13-14,16-18,20H,12,15,30H2,1-11H3/t17-,18-,20-/m0/s1. The lowest BCUT2D eigenvalue weighted by Crippen LogP contribution is -2.40. The molecule has 0 saturated carbocycles. The first kappa shape index (κ1) is 34.7. The van der Waals surface area contributed by atoms with E-state index in [0.29, 0.717) is 12.0 Å². The van der Waals surface area contributed by atoms with Crippen LogP contribution in [0.2, 0.25) is 0 Å². The third kappa shape index (κ3) is 12.2. The summed E-state index contributed by atoms with van der Waals surface area (Å²) in [4.78, 5) is 49.6. The predicted octanol–water partition coefficient (Wildman–Crippen LogP) is 5.48. The van der Waals surface area contributed by atoms with Crippen LogP contribution in [0, 0.1) is 5.41 Å². The van der Waals surface area contributed by atoms with Crippen LogP contribution in [0.4, 0.5) is 9.59 Å². The average Bonchev–Trinajstić information content (AvgIpc) is 2.77. The van der Waals surface area contributed by atoms with Crippen molar-refractivity contribution >= 4 is 24.2 Å². The van der Waals surface area contributed by atoms with Crippen LogP contribution in [-0.2, 0) is 35.0 Å². The maximum atomic E-state index is 12.7. The molecule has 0 spiro atoms. The molecule has 11 heteroatoms. The summed E-state index contributed by atoms with van der Waals surface area (Å²) in [6.07, 6.45) is -2.86.